The first-order chi connectivity index (χ1) is 9.54. The van der Waals surface area contributed by atoms with Crippen LogP contribution in [0.15, 0.2) is 22.7 Å². The van der Waals surface area contributed by atoms with Gasteiger partial charge in [-0.2, -0.15) is 0 Å². The van der Waals surface area contributed by atoms with E-state index >= 15 is 0 Å². The van der Waals surface area contributed by atoms with E-state index in [1.54, 1.807) is 0 Å². The second-order valence-electron chi connectivity index (χ2n) is 4.97. The Bertz CT molecular complexity index is 670. The van der Waals surface area contributed by atoms with Gasteiger partial charge in [0.2, 0.25) is 0 Å². The first kappa shape index (κ1) is 13.6. The Balaban J connectivity index is 1.94. The molecule has 0 saturated heterocycles. The Morgan fingerprint density at radius 2 is 2.10 bits per heavy atom. The third kappa shape index (κ3) is 2.74. The summed E-state index contributed by atoms with van der Waals surface area (Å²) in [6, 6.07) is 5.65. The molecule has 0 bridgehead atoms. The number of nitrogens with zero attached hydrogens (tertiary/aromatic N) is 2. The molecule has 6 heteroatoms. The fourth-order valence-corrected chi connectivity index (χ4v) is 2.40. The van der Waals surface area contributed by atoms with Crippen LogP contribution in [0.5, 0.6) is 0 Å². The van der Waals surface area contributed by atoms with Crippen LogP contribution in [0.1, 0.15) is 30.1 Å². The zero-order chi connectivity index (χ0) is 14.3. The average Bonchev–Trinajstić information content (AvgIpc) is 3.23. The maximum atomic E-state index is 5.99. The number of nitrogens with two attached hydrogens (primary N) is 1. The molecule has 104 valence electrons. The van der Waals surface area contributed by atoms with Crippen molar-refractivity contribution in [3.05, 3.63) is 39.1 Å². The summed E-state index contributed by atoms with van der Waals surface area (Å²) in [5, 5.41) is 3.96. The first-order valence-corrected chi connectivity index (χ1v) is 7.58. The van der Waals surface area contributed by atoms with Gasteiger partial charge in [-0.15, -0.1) is 0 Å². The van der Waals surface area contributed by atoms with Crippen molar-refractivity contribution in [2.75, 3.05) is 11.1 Å². The number of rotatable bonds is 3. The molecule has 1 aliphatic rings. The summed E-state index contributed by atoms with van der Waals surface area (Å²) in [5.74, 6) is 2.60. The Kier molecular flexibility index (Phi) is 3.56. The van der Waals surface area contributed by atoms with Crippen molar-refractivity contribution in [3.63, 3.8) is 0 Å². The quantitative estimate of drug-likeness (QED) is 0.858. The van der Waals surface area contributed by atoms with Crippen molar-refractivity contribution in [1.29, 1.82) is 0 Å². The second-order valence-corrected chi connectivity index (χ2v) is 6.23. The van der Waals surface area contributed by atoms with E-state index in [0.717, 1.165) is 40.2 Å². The van der Waals surface area contributed by atoms with Crippen LogP contribution in [0.4, 0.5) is 17.3 Å². The topological polar surface area (TPSA) is 63.8 Å². The normalized spacial score (nSPS) is 14.3. The first-order valence-electron chi connectivity index (χ1n) is 6.40. The highest BCUT2D eigenvalue weighted by Gasteiger charge is 2.27. The molecule has 2 aromatic rings. The van der Waals surface area contributed by atoms with E-state index in [1.807, 2.05) is 25.1 Å². The van der Waals surface area contributed by atoms with Crippen molar-refractivity contribution in [2.24, 2.45) is 0 Å². The Hall–Kier alpha value is -1.33. The molecule has 0 amide bonds. The van der Waals surface area contributed by atoms with Gasteiger partial charge in [0.15, 0.2) is 0 Å². The molecule has 0 atom stereocenters. The number of nitrogen functional groups attached to an aromatic ring is 1. The van der Waals surface area contributed by atoms with E-state index in [4.69, 9.17) is 17.3 Å². The van der Waals surface area contributed by atoms with Gasteiger partial charge in [0.1, 0.15) is 17.5 Å². The molecule has 1 aromatic heterocycles. The highest BCUT2D eigenvalue weighted by Crippen LogP contribution is 2.39. The van der Waals surface area contributed by atoms with Crippen LogP contribution in [-0.4, -0.2) is 9.97 Å². The molecule has 1 aliphatic carbocycles. The Labute approximate surface area is 130 Å². The smallest absolute Gasteiger partial charge is 0.139 e. The fraction of sp³-hybridized carbons (Fsp3) is 0.286. The van der Waals surface area contributed by atoms with E-state index < -0.39 is 0 Å². The van der Waals surface area contributed by atoms with Crippen molar-refractivity contribution < 1.29 is 0 Å². The molecule has 0 spiro atoms. The van der Waals surface area contributed by atoms with Gasteiger partial charge < -0.3 is 11.1 Å². The highest BCUT2D eigenvalue weighted by molar-refractivity contribution is 9.10. The molecule has 0 radical (unpaired) electrons. The van der Waals surface area contributed by atoms with E-state index in [0.29, 0.717) is 16.8 Å². The lowest BCUT2D eigenvalue weighted by Crippen LogP contribution is -2.06. The Morgan fingerprint density at radius 3 is 2.75 bits per heavy atom. The SMILES string of the molecule is Cc1c(N)nc(C2CC2)nc1Nc1ccc(Cl)c(Br)c1. The maximum Gasteiger partial charge on any atom is 0.139 e. The van der Waals surface area contributed by atoms with Crippen LogP contribution in [0.25, 0.3) is 0 Å². The summed E-state index contributed by atoms with van der Waals surface area (Å²) in [6.45, 7) is 1.92. The van der Waals surface area contributed by atoms with Crippen molar-refractivity contribution in [3.8, 4) is 0 Å². The zero-order valence-corrected chi connectivity index (χ0v) is 13.3. The van der Waals surface area contributed by atoms with Crippen LogP contribution in [0.2, 0.25) is 5.02 Å². The largest absolute Gasteiger partial charge is 0.383 e. The molecule has 1 heterocycles. The number of halogens is 2. The number of nitrogens with one attached hydrogen (secondary N) is 1. The molecule has 0 aliphatic heterocycles. The summed E-state index contributed by atoms with van der Waals surface area (Å²) in [6.07, 6.45) is 2.29. The minimum Gasteiger partial charge on any atom is -0.383 e. The van der Waals surface area contributed by atoms with Crippen LogP contribution in [0, 0.1) is 6.92 Å². The summed E-state index contributed by atoms with van der Waals surface area (Å²) >= 11 is 9.41. The maximum absolute atomic E-state index is 5.99. The number of hydrogen-bond acceptors (Lipinski definition) is 4. The third-order valence-corrected chi connectivity index (χ3v) is 4.54. The van der Waals surface area contributed by atoms with E-state index in [9.17, 15) is 0 Å². The summed E-state index contributed by atoms with van der Waals surface area (Å²) in [5.41, 5.74) is 7.74. The number of benzene rings is 1. The summed E-state index contributed by atoms with van der Waals surface area (Å²) in [7, 11) is 0. The molecule has 4 nitrogen and oxygen atoms in total. The molecular weight excluding hydrogens is 340 g/mol. The van der Waals surface area contributed by atoms with E-state index in [1.165, 1.54) is 0 Å². The minimum atomic E-state index is 0.468. The van der Waals surface area contributed by atoms with Crippen LogP contribution in [-0.2, 0) is 0 Å². The van der Waals surface area contributed by atoms with Gasteiger partial charge in [0.05, 0.1) is 5.02 Å². The monoisotopic (exact) mass is 352 g/mol. The molecule has 0 unspecified atom stereocenters. The van der Waals surface area contributed by atoms with Gasteiger partial charge in [0.25, 0.3) is 0 Å². The van der Waals surface area contributed by atoms with Crippen LogP contribution < -0.4 is 11.1 Å². The highest BCUT2D eigenvalue weighted by atomic mass is 79.9. The molecule has 3 N–H and O–H groups in total. The fourth-order valence-electron chi connectivity index (χ4n) is 1.91. The predicted molar refractivity (Wildman–Crippen MR) is 85.6 cm³/mol. The van der Waals surface area contributed by atoms with Gasteiger partial charge >= 0.3 is 0 Å². The lowest BCUT2D eigenvalue weighted by molar-refractivity contribution is 0.928. The lowest BCUT2D eigenvalue weighted by Gasteiger charge is -2.12. The number of anilines is 3. The molecule has 3 rings (SSSR count). The van der Waals surface area contributed by atoms with E-state index in [-0.39, 0.29) is 0 Å². The predicted octanol–water partition coefficient (Wildman–Crippen LogP) is 4.40. The average molecular weight is 354 g/mol. The van der Waals surface area contributed by atoms with Gasteiger partial charge in [-0.1, -0.05) is 11.6 Å². The van der Waals surface area contributed by atoms with Crippen LogP contribution in [0.3, 0.4) is 0 Å². The van der Waals surface area contributed by atoms with Crippen LogP contribution >= 0.6 is 27.5 Å². The minimum absolute atomic E-state index is 0.468. The van der Waals surface area contributed by atoms with Gasteiger partial charge in [-0.05, 0) is 53.9 Å². The molecule has 1 aromatic carbocycles. The summed E-state index contributed by atoms with van der Waals surface area (Å²) < 4.78 is 0.839. The van der Waals surface area contributed by atoms with Crippen molar-refractivity contribution in [2.45, 2.75) is 25.7 Å². The third-order valence-electron chi connectivity index (χ3n) is 3.33. The second kappa shape index (κ2) is 5.22. The van der Waals surface area contributed by atoms with E-state index in [2.05, 4.69) is 31.2 Å². The molecule has 1 saturated carbocycles. The van der Waals surface area contributed by atoms with Crippen molar-refractivity contribution in [1.82, 2.24) is 9.97 Å². The van der Waals surface area contributed by atoms with Gasteiger partial charge in [0, 0.05) is 21.6 Å². The Morgan fingerprint density at radius 1 is 1.35 bits per heavy atom. The standard InChI is InChI=1S/C14H14BrClN4/c1-7-12(17)19-14(8-2-3-8)20-13(7)18-9-4-5-11(16)10(15)6-9/h4-6,8H,2-3H2,1H3,(H3,17,18,19,20). The number of aromatic nitrogens is 2. The summed E-state index contributed by atoms with van der Waals surface area (Å²) in [4.78, 5) is 8.96. The lowest BCUT2D eigenvalue weighted by atomic mass is 10.2. The number of hydrogen-bond donors (Lipinski definition) is 2. The van der Waals surface area contributed by atoms with Gasteiger partial charge in [-0.25, -0.2) is 9.97 Å². The van der Waals surface area contributed by atoms with Gasteiger partial charge in [-0.3, -0.25) is 0 Å². The molecular formula is C14H14BrClN4. The van der Waals surface area contributed by atoms with Crippen molar-refractivity contribution >= 4 is 44.9 Å². The molecule has 1 fully saturated rings. The zero-order valence-electron chi connectivity index (χ0n) is 11.0. The molecule has 20 heavy (non-hydrogen) atoms.